The maximum atomic E-state index is 14.1. The van der Waals surface area contributed by atoms with Crippen molar-refractivity contribution >= 4 is 16.9 Å². The second-order valence-corrected chi connectivity index (χ2v) is 8.54. The van der Waals surface area contributed by atoms with Crippen LogP contribution in [0, 0.1) is 18.7 Å². The van der Waals surface area contributed by atoms with Crippen molar-refractivity contribution in [1.29, 1.82) is 0 Å². The quantitative estimate of drug-likeness (QED) is 0.562. The molecule has 2 aliphatic carbocycles. The third-order valence-corrected chi connectivity index (χ3v) is 6.16. The highest BCUT2D eigenvalue weighted by molar-refractivity contribution is 6.09. The number of carbonyl (C=O) groups is 1. The lowest BCUT2D eigenvalue weighted by Crippen LogP contribution is -2.40. The molecule has 0 radical (unpaired) electrons. The average molecular weight is 424 g/mol. The molecule has 5 rings (SSSR count). The zero-order valence-corrected chi connectivity index (χ0v) is 17.3. The summed E-state index contributed by atoms with van der Waals surface area (Å²) in [4.78, 5) is 24.9. The number of aryl methyl sites for hydroxylation is 1. The number of aliphatic hydroxyl groups is 1. The van der Waals surface area contributed by atoms with Gasteiger partial charge in [0.15, 0.2) is 0 Å². The van der Waals surface area contributed by atoms with E-state index in [1.54, 1.807) is 13.0 Å². The molecule has 0 aliphatic heterocycles. The highest BCUT2D eigenvalue weighted by atomic mass is 19.1. The fraction of sp³-hybridized carbons (Fsp3) is 0.435. The number of H-pyrrole nitrogens is 1. The molecule has 2 aliphatic rings. The first-order chi connectivity index (χ1) is 15.0. The van der Waals surface area contributed by atoms with E-state index in [4.69, 9.17) is 4.74 Å². The Kier molecular flexibility index (Phi) is 5.09. The summed E-state index contributed by atoms with van der Waals surface area (Å²) >= 11 is 0. The molecular formula is C23H25FN4O3. The minimum absolute atomic E-state index is 0.260. The van der Waals surface area contributed by atoms with E-state index in [0.717, 1.165) is 25.7 Å². The zero-order chi connectivity index (χ0) is 21.5. The van der Waals surface area contributed by atoms with Gasteiger partial charge in [-0.15, -0.1) is 0 Å². The molecule has 2 atom stereocenters. The Balaban J connectivity index is 1.53. The summed E-state index contributed by atoms with van der Waals surface area (Å²) in [7, 11) is 0. The minimum Gasteiger partial charge on any atom is -0.493 e. The van der Waals surface area contributed by atoms with Gasteiger partial charge in [0.2, 0.25) is 0 Å². The van der Waals surface area contributed by atoms with Crippen LogP contribution in [-0.2, 0) is 0 Å². The number of ether oxygens (including phenoxy) is 1. The number of hydrogen-bond acceptors (Lipinski definition) is 5. The largest absolute Gasteiger partial charge is 0.493 e. The Hall–Kier alpha value is -3.00. The number of carbonyl (C=O) groups excluding carboxylic acids is 1. The average Bonchev–Trinajstić information content (AvgIpc) is 3.40. The van der Waals surface area contributed by atoms with E-state index in [1.165, 1.54) is 18.5 Å². The van der Waals surface area contributed by atoms with Crippen LogP contribution >= 0.6 is 0 Å². The Labute approximate surface area is 179 Å². The second-order valence-electron chi connectivity index (χ2n) is 8.54. The normalized spacial score (nSPS) is 20.9. The summed E-state index contributed by atoms with van der Waals surface area (Å²) < 4.78 is 20.1. The summed E-state index contributed by atoms with van der Waals surface area (Å²) in [6.07, 6.45) is 5.47. The van der Waals surface area contributed by atoms with Gasteiger partial charge >= 0.3 is 0 Å². The summed E-state index contributed by atoms with van der Waals surface area (Å²) in [5, 5.41) is 13.0. The highest BCUT2D eigenvalue weighted by Gasteiger charge is 2.29. The molecule has 1 amide bonds. The molecule has 3 aromatic rings. The van der Waals surface area contributed by atoms with Crippen LogP contribution in [0.3, 0.4) is 0 Å². The van der Waals surface area contributed by atoms with E-state index in [1.807, 2.05) is 0 Å². The molecular weight excluding hydrogens is 399 g/mol. The topological polar surface area (TPSA) is 100 Å². The SMILES string of the molecule is Cc1[nH]c2c(-c3cc(F)ccc3OCC3CC3)ncnc2c1C(=O)N[C@@H]1CCC[C@@H]1O. The first kappa shape index (κ1) is 19.9. The van der Waals surface area contributed by atoms with Crippen LogP contribution in [0.4, 0.5) is 4.39 Å². The Morgan fingerprint density at radius 3 is 2.87 bits per heavy atom. The van der Waals surface area contributed by atoms with E-state index >= 15 is 0 Å². The zero-order valence-electron chi connectivity index (χ0n) is 17.3. The molecule has 0 saturated heterocycles. The molecule has 7 nitrogen and oxygen atoms in total. The number of nitrogens with one attached hydrogen (secondary N) is 2. The molecule has 2 aromatic heterocycles. The predicted molar refractivity (Wildman–Crippen MR) is 113 cm³/mol. The van der Waals surface area contributed by atoms with Crippen LogP contribution in [0.5, 0.6) is 5.75 Å². The smallest absolute Gasteiger partial charge is 0.255 e. The molecule has 0 bridgehead atoms. The van der Waals surface area contributed by atoms with Gasteiger partial charge in [0, 0.05) is 11.3 Å². The number of aliphatic hydroxyl groups excluding tert-OH is 1. The molecule has 2 saturated carbocycles. The van der Waals surface area contributed by atoms with Gasteiger partial charge < -0.3 is 20.1 Å². The fourth-order valence-electron chi connectivity index (χ4n) is 4.26. The van der Waals surface area contributed by atoms with Gasteiger partial charge in [-0.1, -0.05) is 0 Å². The molecule has 2 heterocycles. The number of amides is 1. The van der Waals surface area contributed by atoms with Crippen molar-refractivity contribution in [3.63, 3.8) is 0 Å². The van der Waals surface area contributed by atoms with Gasteiger partial charge in [-0.25, -0.2) is 14.4 Å². The van der Waals surface area contributed by atoms with Crippen molar-refractivity contribution in [2.75, 3.05) is 6.61 Å². The summed E-state index contributed by atoms with van der Waals surface area (Å²) in [5.74, 6) is 0.429. The first-order valence-corrected chi connectivity index (χ1v) is 10.8. The van der Waals surface area contributed by atoms with Gasteiger partial charge in [-0.3, -0.25) is 4.79 Å². The molecule has 2 fully saturated rings. The third kappa shape index (κ3) is 3.87. The van der Waals surface area contributed by atoms with Gasteiger partial charge in [0.1, 0.15) is 29.1 Å². The summed E-state index contributed by atoms with van der Waals surface area (Å²) in [6, 6.07) is 4.13. The van der Waals surface area contributed by atoms with E-state index in [2.05, 4.69) is 20.3 Å². The maximum Gasteiger partial charge on any atom is 0.255 e. The Morgan fingerprint density at radius 2 is 2.13 bits per heavy atom. The first-order valence-electron chi connectivity index (χ1n) is 10.8. The number of benzene rings is 1. The summed E-state index contributed by atoms with van der Waals surface area (Å²) in [5.41, 5.74) is 3.07. The van der Waals surface area contributed by atoms with Gasteiger partial charge in [-0.05, 0) is 63.1 Å². The van der Waals surface area contributed by atoms with Crippen LogP contribution in [0.1, 0.15) is 48.2 Å². The van der Waals surface area contributed by atoms with Crippen LogP contribution in [-0.4, -0.2) is 44.7 Å². The standard InChI is InChI=1S/C23H25FN4O3/c1-12-19(23(30)28-16-3-2-4-17(16)29)21-22(27-12)20(25-11-26-21)15-9-14(24)7-8-18(15)31-10-13-5-6-13/h7-9,11,13,16-17,27,29H,2-6,10H2,1H3,(H,28,30)/t16-,17+/m1/s1. The Morgan fingerprint density at radius 1 is 1.29 bits per heavy atom. The number of aromatic nitrogens is 3. The lowest BCUT2D eigenvalue weighted by atomic mass is 10.1. The molecule has 31 heavy (non-hydrogen) atoms. The highest BCUT2D eigenvalue weighted by Crippen LogP contribution is 2.36. The van der Waals surface area contributed by atoms with Crippen molar-refractivity contribution in [2.24, 2.45) is 5.92 Å². The van der Waals surface area contributed by atoms with Crippen LogP contribution < -0.4 is 10.1 Å². The van der Waals surface area contributed by atoms with Crippen LogP contribution in [0.15, 0.2) is 24.5 Å². The van der Waals surface area contributed by atoms with Crippen LogP contribution in [0.2, 0.25) is 0 Å². The van der Waals surface area contributed by atoms with Gasteiger partial charge in [0.05, 0.1) is 29.8 Å². The number of aromatic amines is 1. The maximum absolute atomic E-state index is 14.1. The van der Waals surface area contributed by atoms with E-state index in [0.29, 0.717) is 58.2 Å². The number of rotatable bonds is 6. The van der Waals surface area contributed by atoms with Crippen molar-refractivity contribution in [3.8, 4) is 17.0 Å². The molecule has 0 unspecified atom stereocenters. The third-order valence-electron chi connectivity index (χ3n) is 6.16. The van der Waals surface area contributed by atoms with Crippen molar-refractivity contribution in [3.05, 3.63) is 41.6 Å². The summed E-state index contributed by atoms with van der Waals surface area (Å²) in [6.45, 7) is 2.38. The van der Waals surface area contributed by atoms with E-state index in [-0.39, 0.29) is 11.9 Å². The molecule has 3 N–H and O–H groups in total. The molecule has 0 spiro atoms. The number of hydrogen-bond donors (Lipinski definition) is 3. The van der Waals surface area contributed by atoms with Crippen molar-refractivity contribution in [1.82, 2.24) is 20.3 Å². The lowest BCUT2D eigenvalue weighted by Gasteiger charge is -2.16. The van der Waals surface area contributed by atoms with E-state index in [9.17, 15) is 14.3 Å². The monoisotopic (exact) mass is 424 g/mol. The molecule has 1 aromatic carbocycles. The number of halogens is 1. The number of nitrogens with zero attached hydrogens (tertiary/aromatic N) is 2. The Bertz CT molecular complexity index is 1140. The van der Waals surface area contributed by atoms with E-state index < -0.39 is 11.9 Å². The molecule has 162 valence electrons. The lowest BCUT2D eigenvalue weighted by molar-refractivity contribution is 0.0874. The van der Waals surface area contributed by atoms with Gasteiger partial charge in [0.25, 0.3) is 5.91 Å². The van der Waals surface area contributed by atoms with Crippen LogP contribution in [0.25, 0.3) is 22.3 Å². The number of fused-ring (bicyclic) bond motifs is 1. The second kappa shape index (κ2) is 7.92. The fourth-order valence-corrected chi connectivity index (χ4v) is 4.26. The molecule has 8 heteroatoms. The van der Waals surface area contributed by atoms with Gasteiger partial charge in [-0.2, -0.15) is 0 Å². The predicted octanol–water partition coefficient (Wildman–Crippen LogP) is 3.50. The van der Waals surface area contributed by atoms with Crippen molar-refractivity contribution in [2.45, 2.75) is 51.2 Å². The minimum atomic E-state index is -0.530. The van der Waals surface area contributed by atoms with Crippen molar-refractivity contribution < 1.29 is 19.0 Å².